The summed E-state index contributed by atoms with van der Waals surface area (Å²) in [6.07, 6.45) is 0.213. The SMILES string of the molecule is CC(=O)Nc1cccc(OCC#CCNC(=O)CCC(=O)c2ccc(Cl)cc2)c1. The van der Waals surface area contributed by atoms with Gasteiger partial charge in [-0.25, -0.2) is 0 Å². The van der Waals surface area contributed by atoms with Gasteiger partial charge >= 0.3 is 0 Å². The summed E-state index contributed by atoms with van der Waals surface area (Å²) in [7, 11) is 0. The van der Waals surface area contributed by atoms with Gasteiger partial charge in [0, 0.05) is 42.1 Å². The summed E-state index contributed by atoms with van der Waals surface area (Å²) in [5.41, 5.74) is 1.17. The maximum atomic E-state index is 12.0. The Labute approximate surface area is 174 Å². The molecule has 0 aliphatic carbocycles. The number of ether oxygens (including phenoxy) is 1. The molecule has 150 valence electrons. The Kier molecular flexibility index (Phi) is 8.74. The van der Waals surface area contributed by atoms with Gasteiger partial charge in [0.15, 0.2) is 5.78 Å². The lowest BCUT2D eigenvalue weighted by Gasteiger charge is -2.05. The average Bonchev–Trinajstić information content (AvgIpc) is 2.69. The Hall–Kier alpha value is -3.30. The first kappa shape index (κ1) is 22.0. The van der Waals surface area contributed by atoms with E-state index >= 15 is 0 Å². The number of amides is 2. The van der Waals surface area contributed by atoms with Gasteiger partial charge in [-0.15, -0.1) is 0 Å². The third kappa shape index (κ3) is 8.50. The number of nitrogens with one attached hydrogen (secondary N) is 2. The molecule has 0 spiro atoms. The summed E-state index contributed by atoms with van der Waals surface area (Å²) >= 11 is 5.78. The van der Waals surface area contributed by atoms with Crippen LogP contribution >= 0.6 is 11.6 Å². The van der Waals surface area contributed by atoms with Crippen molar-refractivity contribution < 1.29 is 19.1 Å². The Bertz CT molecular complexity index is 930. The Balaban J connectivity index is 1.65. The zero-order valence-electron chi connectivity index (χ0n) is 16.0. The van der Waals surface area contributed by atoms with Crippen LogP contribution in [0.3, 0.4) is 0 Å². The number of rotatable bonds is 8. The Morgan fingerprint density at radius 2 is 1.79 bits per heavy atom. The van der Waals surface area contributed by atoms with Gasteiger partial charge in [-0.3, -0.25) is 14.4 Å². The molecule has 2 amide bonds. The molecule has 0 atom stereocenters. The normalized spacial score (nSPS) is 9.72. The lowest BCUT2D eigenvalue weighted by molar-refractivity contribution is -0.120. The van der Waals surface area contributed by atoms with Crippen LogP contribution in [0.1, 0.15) is 30.1 Å². The number of hydrogen-bond donors (Lipinski definition) is 2. The van der Waals surface area contributed by atoms with Crippen LogP contribution in [0.15, 0.2) is 48.5 Å². The third-order valence-electron chi connectivity index (χ3n) is 3.71. The van der Waals surface area contributed by atoms with E-state index in [1.807, 2.05) is 0 Å². The molecule has 0 heterocycles. The minimum atomic E-state index is -0.245. The molecule has 0 unspecified atom stereocenters. The van der Waals surface area contributed by atoms with E-state index in [9.17, 15) is 14.4 Å². The standard InChI is InChI=1S/C22H21ClN2O4/c1-16(26)25-19-5-4-6-20(15-19)29-14-3-2-13-24-22(28)12-11-21(27)17-7-9-18(23)10-8-17/h4-10,15H,11-14H2,1H3,(H,24,28)(H,25,26). The van der Waals surface area contributed by atoms with E-state index in [0.29, 0.717) is 22.0 Å². The lowest BCUT2D eigenvalue weighted by Crippen LogP contribution is -2.24. The van der Waals surface area contributed by atoms with Gasteiger partial charge in [0.1, 0.15) is 12.4 Å². The van der Waals surface area contributed by atoms with Crippen molar-refractivity contribution in [3.05, 3.63) is 59.1 Å². The monoisotopic (exact) mass is 412 g/mol. The average molecular weight is 413 g/mol. The molecule has 0 aliphatic rings. The van der Waals surface area contributed by atoms with Crippen molar-refractivity contribution in [2.45, 2.75) is 19.8 Å². The molecule has 0 aromatic heterocycles. The fraction of sp³-hybridized carbons (Fsp3) is 0.227. The van der Waals surface area contributed by atoms with Crippen molar-refractivity contribution in [2.24, 2.45) is 0 Å². The highest BCUT2D eigenvalue weighted by Crippen LogP contribution is 2.17. The minimum absolute atomic E-state index is 0.0928. The van der Waals surface area contributed by atoms with E-state index in [-0.39, 0.29) is 43.6 Å². The third-order valence-corrected chi connectivity index (χ3v) is 3.96. The highest BCUT2D eigenvalue weighted by atomic mass is 35.5. The van der Waals surface area contributed by atoms with Crippen LogP contribution in [-0.2, 0) is 9.59 Å². The topological polar surface area (TPSA) is 84.5 Å². The lowest BCUT2D eigenvalue weighted by atomic mass is 10.1. The number of hydrogen-bond acceptors (Lipinski definition) is 4. The minimum Gasteiger partial charge on any atom is -0.481 e. The van der Waals surface area contributed by atoms with Crippen molar-refractivity contribution in [1.29, 1.82) is 0 Å². The van der Waals surface area contributed by atoms with Crippen molar-refractivity contribution in [3.8, 4) is 17.6 Å². The second-order valence-electron chi connectivity index (χ2n) is 6.06. The van der Waals surface area contributed by atoms with E-state index in [2.05, 4.69) is 22.5 Å². The van der Waals surface area contributed by atoms with Gasteiger partial charge < -0.3 is 15.4 Å². The van der Waals surface area contributed by atoms with Gasteiger partial charge in [-0.05, 0) is 36.4 Å². The van der Waals surface area contributed by atoms with E-state index < -0.39 is 0 Å². The van der Waals surface area contributed by atoms with Gasteiger partial charge in [0.25, 0.3) is 0 Å². The zero-order valence-corrected chi connectivity index (χ0v) is 16.7. The predicted molar refractivity (Wildman–Crippen MR) is 112 cm³/mol. The number of anilines is 1. The van der Waals surface area contributed by atoms with Crippen LogP contribution in [0, 0.1) is 11.8 Å². The largest absolute Gasteiger partial charge is 0.481 e. The van der Waals surface area contributed by atoms with E-state index in [4.69, 9.17) is 16.3 Å². The maximum absolute atomic E-state index is 12.0. The van der Waals surface area contributed by atoms with Gasteiger partial charge in [0.2, 0.25) is 11.8 Å². The van der Waals surface area contributed by atoms with Crippen LogP contribution in [0.5, 0.6) is 5.75 Å². The Morgan fingerprint density at radius 1 is 1.03 bits per heavy atom. The second-order valence-corrected chi connectivity index (χ2v) is 6.49. The fourth-order valence-corrected chi connectivity index (χ4v) is 2.46. The van der Waals surface area contributed by atoms with Crippen LogP contribution in [0.25, 0.3) is 0 Å². The van der Waals surface area contributed by atoms with Crippen LogP contribution < -0.4 is 15.4 Å². The molecule has 0 radical (unpaired) electrons. The molecule has 0 saturated heterocycles. The smallest absolute Gasteiger partial charge is 0.221 e. The molecule has 2 rings (SSSR count). The first-order chi connectivity index (χ1) is 13.9. The summed E-state index contributed by atoms with van der Waals surface area (Å²) < 4.78 is 5.48. The molecule has 29 heavy (non-hydrogen) atoms. The quantitative estimate of drug-likeness (QED) is 0.513. The van der Waals surface area contributed by atoms with Crippen molar-refractivity contribution in [3.63, 3.8) is 0 Å². The Morgan fingerprint density at radius 3 is 2.52 bits per heavy atom. The van der Waals surface area contributed by atoms with Gasteiger partial charge in [-0.1, -0.05) is 29.5 Å². The molecule has 2 N–H and O–H groups in total. The molecule has 0 bridgehead atoms. The number of carbonyl (C=O) groups excluding carboxylic acids is 3. The summed E-state index contributed by atoms with van der Waals surface area (Å²) in [6.45, 7) is 1.75. The number of carbonyl (C=O) groups is 3. The van der Waals surface area contributed by atoms with Crippen molar-refractivity contribution in [2.75, 3.05) is 18.5 Å². The van der Waals surface area contributed by atoms with E-state index in [1.165, 1.54) is 6.92 Å². The number of ketones is 1. The molecule has 0 aliphatic heterocycles. The summed E-state index contributed by atoms with van der Waals surface area (Å²) in [6, 6.07) is 13.5. The predicted octanol–water partition coefficient (Wildman–Crippen LogP) is 3.46. The van der Waals surface area contributed by atoms with Gasteiger partial charge in [0.05, 0.1) is 6.54 Å². The zero-order chi connectivity index (χ0) is 21.1. The molecule has 2 aromatic carbocycles. The van der Waals surface area contributed by atoms with E-state index in [1.54, 1.807) is 48.5 Å². The highest BCUT2D eigenvalue weighted by Gasteiger charge is 2.08. The second kappa shape index (κ2) is 11.5. The molecular formula is C22H21ClN2O4. The van der Waals surface area contributed by atoms with Crippen molar-refractivity contribution >= 4 is 34.9 Å². The van der Waals surface area contributed by atoms with Crippen LogP contribution in [0.2, 0.25) is 5.02 Å². The number of benzene rings is 2. The molecule has 7 heteroatoms. The highest BCUT2D eigenvalue weighted by molar-refractivity contribution is 6.30. The molecule has 6 nitrogen and oxygen atoms in total. The first-order valence-electron chi connectivity index (χ1n) is 8.95. The first-order valence-corrected chi connectivity index (χ1v) is 9.33. The van der Waals surface area contributed by atoms with Crippen molar-refractivity contribution in [1.82, 2.24) is 5.32 Å². The van der Waals surface area contributed by atoms with Gasteiger partial charge in [-0.2, -0.15) is 0 Å². The molecular weight excluding hydrogens is 392 g/mol. The number of Topliss-reactive ketones (excluding diaryl/α,β-unsaturated/α-hetero) is 1. The fourth-order valence-electron chi connectivity index (χ4n) is 2.34. The molecule has 0 fully saturated rings. The number of halogens is 1. The van der Waals surface area contributed by atoms with Crippen LogP contribution in [0.4, 0.5) is 5.69 Å². The summed E-state index contributed by atoms with van der Waals surface area (Å²) in [5.74, 6) is 5.64. The maximum Gasteiger partial charge on any atom is 0.221 e. The molecule has 0 saturated carbocycles. The molecule has 2 aromatic rings. The van der Waals surface area contributed by atoms with Crippen LogP contribution in [-0.4, -0.2) is 30.7 Å². The van der Waals surface area contributed by atoms with E-state index in [0.717, 1.165) is 0 Å². The summed E-state index contributed by atoms with van der Waals surface area (Å²) in [4.78, 5) is 34.8. The summed E-state index contributed by atoms with van der Waals surface area (Å²) in [5, 5.41) is 5.87.